The highest BCUT2D eigenvalue weighted by Crippen LogP contribution is 2.11. The third-order valence-electron chi connectivity index (χ3n) is 1.29. The summed E-state index contributed by atoms with van der Waals surface area (Å²) in [7, 11) is 0. The average molecular weight is 226 g/mol. The van der Waals surface area contributed by atoms with E-state index in [2.05, 4.69) is 16.9 Å². The minimum absolute atomic E-state index is 0.0833. The van der Waals surface area contributed by atoms with E-state index in [-0.39, 0.29) is 17.2 Å². The number of nitro groups is 1. The largest absolute Gasteiger partial charge is 0.545 e. The number of rotatable bonds is 2. The Morgan fingerprint density at radius 2 is 1.88 bits per heavy atom. The van der Waals surface area contributed by atoms with Crippen molar-refractivity contribution in [2.45, 2.75) is 0 Å². The van der Waals surface area contributed by atoms with Crippen LogP contribution in [-0.2, 0) is 0 Å². The normalized spacial score (nSPS) is 8.50. The summed E-state index contributed by atoms with van der Waals surface area (Å²) in [5, 5.41) is 25.0. The molecule has 0 bridgehead atoms. The van der Waals surface area contributed by atoms with Crippen LogP contribution >= 0.6 is 0 Å². The first-order valence-electron chi connectivity index (χ1n) is 3.93. The van der Waals surface area contributed by atoms with Gasteiger partial charge in [0.1, 0.15) is 0 Å². The molecular formula is C8H10N4O4. The van der Waals surface area contributed by atoms with Gasteiger partial charge in [0.05, 0.1) is 10.9 Å². The van der Waals surface area contributed by atoms with E-state index in [0.29, 0.717) is 0 Å². The number of nitrogens with zero attached hydrogens (tertiary/aromatic N) is 1. The van der Waals surface area contributed by atoms with E-state index >= 15 is 0 Å². The van der Waals surface area contributed by atoms with Gasteiger partial charge < -0.3 is 9.90 Å². The van der Waals surface area contributed by atoms with Crippen molar-refractivity contribution in [2.75, 3.05) is 0 Å². The number of carbonyl (C=O) groups excluding carboxylic acids is 1. The lowest BCUT2D eigenvalue weighted by Crippen LogP contribution is -2.51. The lowest BCUT2D eigenvalue weighted by molar-refractivity contribution is -0.385. The van der Waals surface area contributed by atoms with Gasteiger partial charge in [-0.3, -0.25) is 27.0 Å². The molecule has 0 heterocycles. The number of carbonyl (C=O) groups is 1. The fourth-order valence-electron chi connectivity index (χ4n) is 0.746. The van der Waals surface area contributed by atoms with Gasteiger partial charge in [0.2, 0.25) is 0 Å². The third kappa shape index (κ3) is 5.17. The topological polar surface area (TPSA) is 161 Å². The molecule has 8 heteroatoms. The van der Waals surface area contributed by atoms with E-state index in [1.54, 1.807) is 0 Å². The Morgan fingerprint density at radius 1 is 1.38 bits per heavy atom. The minimum Gasteiger partial charge on any atom is -0.545 e. The first-order chi connectivity index (χ1) is 7.34. The molecule has 6 N–H and O–H groups in total. The molecule has 1 aromatic carbocycles. The van der Waals surface area contributed by atoms with Crippen LogP contribution in [0.1, 0.15) is 10.4 Å². The van der Waals surface area contributed by atoms with Crippen LogP contribution in [-0.4, -0.2) is 16.9 Å². The van der Waals surface area contributed by atoms with E-state index in [4.69, 9.17) is 0 Å². The molecule has 0 aliphatic carbocycles. The number of benzene rings is 1. The molecule has 8 nitrogen and oxygen atoms in total. The van der Waals surface area contributed by atoms with Crippen molar-refractivity contribution < 1.29 is 20.2 Å². The van der Waals surface area contributed by atoms with Crippen LogP contribution in [0.5, 0.6) is 0 Å². The van der Waals surface area contributed by atoms with Crippen molar-refractivity contribution in [3.05, 3.63) is 39.9 Å². The molecule has 1 rings (SSSR count). The highest BCUT2D eigenvalue weighted by molar-refractivity contribution is 5.86. The second kappa shape index (κ2) is 5.96. The Labute approximate surface area is 90.1 Å². The van der Waals surface area contributed by atoms with Crippen LogP contribution in [0, 0.1) is 10.1 Å². The standard InChI is InChI=1S/C7H5NO4.CH5N3/c9-7(10)5-2-1-3-6(4-5)8(11)12;2-1(3)4/h1-4H,(H,9,10);(H5,2,3,4). The summed E-state index contributed by atoms with van der Waals surface area (Å²) >= 11 is 0. The highest BCUT2D eigenvalue weighted by Gasteiger charge is 2.04. The predicted molar refractivity (Wildman–Crippen MR) is 52.7 cm³/mol. The second-order valence-corrected chi connectivity index (χ2v) is 2.59. The summed E-state index contributed by atoms with van der Waals surface area (Å²) in [6.45, 7) is 0. The maximum Gasteiger partial charge on any atom is 0.336 e. The number of nitrogens with two attached hydrogens (primary N) is 3. The average Bonchev–Trinajstić information content (AvgIpc) is 2.17. The third-order valence-corrected chi connectivity index (χ3v) is 1.29. The smallest absolute Gasteiger partial charge is 0.336 e. The van der Waals surface area contributed by atoms with Crippen LogP contribution in [0.15, 0.2) is 24.3 Å². The van der Waals surface area contributed by atoms with Gasteiger partial charge in [0.25, 0.3) is 5.69 Å². The van der Waals surface area contributed by atoms with E-state index < -0.39 is 10.9 Å². The summed E-state index contributed by atoms with van der Waals surface area (Å²) in [6.07, 6.45) is 0. The van der Waals surface area contributed by atoms with Crippen LogP contribution in [0.25, 0.3) is 0 Å². The van der Waals surface area contributed by atoms with Crippen LogP contribution in [0.3, 0.4) is 0 Å². The van der Waals surface area contributed by atoms with E-state index in [1.165, 1.54) is 18.2 Å². The van der Waals surface area contributed by atoms with Crippen molar-refractivity contribution in [2.24, 2.45) is 11.5 Å². The molecule has 0 aliphatic rings. The van der Waals surface area contributed by atoms with Gasteiger partial charge in [0.15, 0.2) is 0 Å². The second-order valence-electron chi connectivity index (χ2n) is 2.59. The SMILES string of the molecule is NC(N)=[NH2+].O=C([O-])c1cccc([N+](=O)[O-])c1. The number of carboxylic acids is 1. The number of aromatic carboxylic acids is 1. The molecule has 0 fully saturated rings. The number of guanidine groups is 1. The first kappa shape index (κ1) is 13.4. The Morgan fingerprint density at radius 3 is 2.25 bits per heavy atom. The van der Waals surface area contributed by atoms with Gasteiger partial charge >= 0.3 is 5.96 Å². The zero-order valence-corrected chi connectivity index (χ0v) is 8.12. The summed E-state index contributed by atoms with van der Waals surface area (Å²) in [6, 6.07) is 4.70. The molecule has 0 unspecified atom stereocenters. The molecule has 1 aromatic rings. The maximum atomic E-state index is 10.2. The van der Waals surface area contributed by atoms with Crippen molar-refractivity contribution in [3.63, 3.8) is 0 Å². The predicted octanol–water partition coefficient (Wildman–Crippen LogP) is -3.02. The number of nitro benzene ring substituents is 1. The molecule has 0 spiro atoms. The van der Waals surface area contributed by atoms with Gasteiger partial charge in [0, 0.05) is 17.7 Å². The molecule has 0 saturated heterocycles. The molecule has 16 heavy (non-hydrogen) atoms. The lowest BCUT2D eigenvalue weighted by atomic mass is 10.2. The van der Waals surface area contributed by atoms with Crippen molar-refractivity contribution in [1.29, 1.82) is 0 Å². The molecule has 0 atom stereocenters. The Bertz CT molecular complexity index is 385. The molecule has 0 aromatic heterocycles. The molecule has 0 radical (unpaired) electrons. The summed E-state index contributed by atoms with van der Waals surface area (Å²) in [5.74, 6) is -1.50. The zero-order chi connectivity index (χ0) is 12.7. The van der Waals surface area contributed by atoms with E-state index in [9.17, 15) is 20.0 Å². The van der Waals surface area contributed by atoms with Gasteiger partial charge in [-0.15, -0.1) is 0 Å². The van der Waals surface area contributed by atoms with Gasteiger partial charge in [-0.25, -0.2) is 0 Å². The summed E-state index contributed by atoms with van der Waals surface area (Å²) in [5.41, 5.74) is 8.72. The molecular weight excluding hydrogens is 216 g/mol. The number of hydrogen-bond acceptors (Lipinski definition) is 4. The fraction of sp³-hybridized carbons (Fsp3) is 0. The lowest BCUT2D eigenvalue weighted by Gasteiger charge is -1.99. The quantitative estimate of drug-likeness (QED) is 0.210. The van der Waals surface area contributed by atoms with Crippen molar-refractivity contribution in [1.82, 2.24) is 0 Å². The molecule has 0 aliphatic heterocycles. The van der Waals surface area contributed by atoms with Crippen LogP contribution in [0.2, 0.25) is 0 Å². The first-order valence-corrected chi connectivity index (χ1v) is 3.93. The fourth-order valence-corrected chi connectivity index (χ4v) is 0.746. The highest BCUT2D eigenvalue weighted by atomic mass is 16.6. The van der Waals surface area contributed by atoms with E-state index in [0.717, 1.165) is 6.07 Å². The number of carboxylic acid groups (broad SMARTS) is 1. The zero-order valence-electron chi connectivity index (χ0n) is 8.12. The maximum absolute atomic E-state index is 10.2. The van der Waals surface area contributed by atoms with Crippen molar-refractivity contribution >= 4 is 17.6 Å². The summed E-state index contributed by atoms with van der Waals surface area (Å²) < 4.78 is 0. The Hall–Kier alpha value is -2.64. The Balaban J connectivity index is 0.000000487. The van der Waals surface area contributed by atoms with Crippen LogP contribution in [0.4, 0.5) is 5.69 Å². The minimum atomic E-state index is -1.42. The van der Waals surface area contributed by atoms with Crippen molar-refractivity contribution in [3.8, 4) is 0 Å². The van der Waals surface area contributed by atoms with Crippen LogP contribution < -0.4 is 22.0 Å². The number of non-ortho nitro benzene ring substituents is 1. The van der Waals surface area contributed by atoms with E-state index in [1.807, 2.05) is 0 Å². The number of hydrogen-bond donors (Lipinski definition) is 3. The Kier molecular flexibility index (Phi) is 4.98. The molecule has 0 amide bonds. The monoisotopic (exact) mass is 226 g/mol. The molecule has 0 saturated carbocycles. The van der Waals surface area contributed by atoms with Gasteiger partial charge in [-0.05, 0) is 0 Å². The summed E-state index contributed by atoms with van der Waals surface area (Å²) in [4.78, 5) is 19.7. The molecule has 86 valence electrons. The van der Waals surface area contributed by atoms with Gasteiger partial charge in [-0.2, -0.15) is 0 Å². The van der Waals surface area contributed by atoms with Gasteiger partial charge in [-0.1, -0.05) is 12.1 Å².